The lowest BCUT2D eigenvalue weighted by atomic mass is 10.3. The number of aryl methyl sites for hydroxylation is 1. The van der Waals surface area contributed by atoms with Crippen LogP contribution in [-0.4, -0.2) is 38.9 Å². The Morgan fingerprint density at radius 1 is 1.59 bits per heavy atom. The third kappa shape index (κ3) is 2.51. The first-order valence-corrected chi connectivity index (χ1v) is 8.01. The first kappa shape index (κ1) is 13.3. The van der Waals surface area contributed by atoms with Gasteiger partial charge in [0.2, 0.25) is 0 Å². The molecule has 0 bridgehead atoms. The summed E-state index contributed by atoms with van der Waals surface area (Å²) in [6.07, 6.45) is 0.855. The number of sulfonamides is 1. The summed E-state index contributed by atoms with van der Waals surface area (Å²) in [5.41, 5.74) is 0.813. The normalized spacial score (nSPS) is 21.3. The van der Waals surface area contributed by atoms with E-state index in [1.807, 2.05) is 6.92 Å². The third-order valence-electron chi connectivity index (χ3n) is 3.02. The lowest BCUT2D eigenvalue weighted by Crippen LogP contribution is -2.37. The van der Waals surface area contributed by atoms with Gasteiger partial charge in [-0.2, -0.15) is 4.31 Å². The summed E-state index contributed by atoms with van der Waals surface area (Å²) in [5.74, 6) is 0. The van der Waals surface area contributed by atoms with Crippen molar-refractivity contribution in [1.82, 2.24) is 9.62 Å². The second-order valence-corrected chi connectivity index (χ2v) is 8.07. The SMILES string of the molecule is Cc1cc(S(=O)(=O)N(C)C2CCNC2)sc1Cl. The number of likely N-dealkylation sites (N-methyl/N-ethyl adjacent to an activating group) is 1. The van der Waals surface area contributed by atoms with Crippen LogP contribution in [0.5, 0.6) is 0 Å². The van der Waals surface area contributed by atoms with Gasteiger partial charge in [0.15, 0.2) is 0 Å². The van der Waals surface area contributed by atoms with E-state index in [2.05, 4.69) is 5.32 Å². The lowest BCUT2D eigenvalue weighted by molar-refractivity contribution is 0.389. The van der Waals surface area contributed by atoms with Crippen LogP contribution < -0.4 is 5.32 Å². The molecule has 17 heavy (non-hydrogen) atoms. The van der Waals surface area contributed by atoms with Gasteiger partial charge in [-0.3, -0.25) is 0 Å². The van der Waals surface area contributed by atoms with Crippen molar-refractivity contribution in [3.05, 3.63) is 16.0 Å². The number of nitrogens with zero attached hydrogens (tertiary/aromatic N) is 1. The Bertz CT molecular complexity index is 487. The molecule has 1 saturated heterocycles. The minimum absolute atomic E-state index is 0.0428. The highest BCUT2D eigenvalue weighted by Gasteiger charge is 2.31. The second-order valence-electron chi connectivity index (χ2n) is 4.19. The Balaban J connectivity index is 2.29. The van der Waals surface area contributed by atoms with Gasteiger partial charge in [-0.25, -0.2) is 8.42 Å². The van der Waals surface area contributed by atoms with Crippen LogP contribution in [0.3, 0.4) is 0 Å². The van der Waals surface area contributed by atoms with E-state index in [4.69, 9.17) is 11.6 Å². The summed E-state index contributed by atoms with van der Waals surface area (Å²) in [6, 6.07) is 1.68. The monoisotopic (exact) mass is 294 g/mol. The zero-order valence-electron chi connectivity index (χ0n) is 9.73. The van der Waals surface area contributed by atoms with Crippen LogP contribution in [0.25, 0.3) is 0 Å². The molecule has 1 aromatic heterocycles. The molecule has 0 spiro atoms. The Labute approximate surface area is 111 Å². The van der Waals surface area contributed by atoms with Crippen molar-refractivity contribution in [2.45, 2.75) is 23.6 Å². The maximum absolute atomic E-state index is 12.3. The minimum atomic E-state index is -3.40. The largest absolute Gasteiger partial charge is 0.315 e. The predicted octanol–water partition coefficient (Wildman–Crippen LogP) is 1.69. The Kier molecular flexibility index (Phi) is 3.80. The summed E-state index contributed by atoms with van der Waals surface area (Å²) in [4.78, 5) is 0. The zero-order valence-corrected chi connectivity index (χ0v) is 12.1. The van der Waals surface area contributed by atoms with Crippen molar-refractivity contribution in [3.63, 3.8) is 0 Å². The van der Waals surface area contributed by atoms with Crippen molar-refractivity contribution in [3.8, 4) is 0 Å². The summed E-state index contributed by atoms with van der Waals surface area (Å²) in [6.45, 7) is 3.40. The van der Waals surface area contributed by atoms with E-state index in [9.17, 15) is 8.42 Å². The van der Waals surface area contributed by atoms with Crippen molar-refractivity contribution in [2.24, 2.45) is 0 Å². The van der Waals surface area contributed by atoms with Crippen LogP contribution >= 0.6 is 22.9 Å². The molecule has 96 valence electrons. The maximum atomic E-state index is 12.3. The number of nitrogens with one attached hydrogen (secondary N) is 1. The topological polar surface area (TPSA) is 49.4 Å². The van der Waals surface area contributed by atoms with Gasteiger partial charge in [0, 0.05) is 19.6 Å². The van der Waals surface area contributed by atoms with Crippen molar-refractivity contribution >= 4 is 33.0 Å². The molecule has 0 aliphatic carbocycles. The van der Waals surface area contributed by atoms with Crippen LogP contribution in [0.1, 0.15) is 12.0 Å². The molecule has 2 rings (SSSR count). The molecule has 0 amide bonds. The standard InChI is InChI=1S/C10H15ClN2O2S2/c1-7-5-9(16-10(7)11)17(14,15)13(2)8-3-4-12-6-8/h5,8,12H,3-4,6H2,1-2H3. The van der Waals surface area contributed by atoms with Crippen molar-refractivity contribution < 1.29 is 8.42 Å². The Hall–Kier alpha value is -0.140. The fraction of sp³-hybridized carbons (Fsp3) is 0.600. The molecule has 0 saturated carbocycles. The smallest absolute Gasteiger partial charge is 0.252 e. The van der Waals surface area contributed by atoms with Gasteiger partial charge in [-0.05, 0) is 31.5 Å². The first-order valence-electron chi connectivity index (χ1n) is 5.37. The van der Waals surface area contributed by atoms with Gasteiger partial charge >= 0.3 is 0 Å². The highest BCUT2D eigenvalue weighted by Crippen LogP contribution is 2.32. The molecule has 1 fully saturated rings. The van der Waals surface area contributed by atoms with E-state index in [-0.39, 0.29) is 6.04 Å². The van der Waals surface area contributed by atoms with Gasteiger partial charge < -0.3 is 5.32 Å². The van der Waals surface area contributed by atoms with E-state index in [1.165, 1.54) is 4.31 Å². The molecule has 1 unspecified atom stereocenters. The highest BCUT2D eigenvalue weighted by molar-refractivity contribution is 7.91. The zero-order chi connectivity index (χ0) is 12.6. The first-order chi connectivity index (χ1) is 7.93. The van der Waals surface area contributed by atoms with Crippen LogP contribution in [0.2, 0.25) is 4.34 Å². The Morgan fingerprint density at radius 3 is 2.76 bits per heavy atom. The molecule has 1 aliphatic heterocycles. The molecular formula is C10H15ClN2O2S2. The average Bonchev–Trinajstić information content (AvgIpc) is 2.88. The summed E-state index contributed by atoms with van der Waals surface area (Å²) < 4.78 is 27.0. The molecule has 4 nitrogen and oxygen atoms in total. The van der Waals surface area contributed by atoms with Gasteiger partial charge in [-0.15, -0.1) is 11.3 Å². The minimum Gasteiger partial charge on any atom is -0.315 e. The van der Waals surface area contributed by atoms with Crippen LogP contribution in [-0.2, 0) is 10.0 Å². The molecule has 7 heteroatoms. The fourth-order valence-corrected chi connectivity index (χ4v) is 5.13. The molecule has 0 aromatic carbocycles. The fourth-order valence-electron chi connectivity index (χ4n) is 1.85. The molecular weight excluding hydrogens is 280 g/mol. The Morgan fingerprint density at radius 2 is 2.29 bits per heavy atom. The van der Waals surface area contributed by atoms with Crippen LogP contribution in [0.15, 0.2) is 10.3 Å². The van der Waals surface area contributed by atoms with Gasteiger partial charge in [0.1, 0.15) is 4.21 Å². The molecule has 1 aliphatic rings. The molecule has 1 N–H and O–H groups in total. The number of rotatable bonds is 3. The van der Waals surface area contributed by atoms with E-state index in [0.717, 1.165) is 29.9 Å². The number of hydrogen-bond donors (Lipinski definition) is 1. The van der Waals surface area contributed by atoms with E-state index in [0.29, 0.717) is 15.1 Å². The lowest BCUT2D eigenvalue weighted by Gasteiger charge is -2.22. The maximum Gasteiger partial charge on any atom is 0.252 e. The number of halogens is 1. The average molecular weight is 295 g/mol. The summed E-state index contributed by atoms with van der Waals surface area (Å²) in [5, 5.41) is 3.16. The van der Waals surface area contributed by atoms with Crippen molar-refractivity contribution in [2.75, 3.05) is 20.1 Å². The van der Waals surface area contributed by atoms with E-state index >= 15 is 0 Å². The van der Waals surface area contributed by atoms with E-state index < -0.39 is 10.0 Å². The molecule has 0 radical (unpaired) electrons. The van der Waals surface area contributed by atoms with Gasteiger partial charge in [-0.1, -0.05) is 11.6 Å². The second kappa shape index (κ2) is 4.85. The quantitative estimate of drug-likeness (QED) is 0.923. The predicted molar refractivity (Wildman–Crippen MR) is 70.3 cm³/mol. The molecule has 1 atom stereocenters. The number of hydrogen-bond acceptors (Lipinski definition) is 4. The van der Waals surface area contributed by atoms with E-state index in [1.54, 1.807) is 13.1 Å². The summed E-state index contributed by atoms with van der Waals surface area (Å²) in [7, 11) is -1.76. The molecule has 2 heterocycles. The number of thiophene rings is 1. The van der Waals surface area contributed by atoms with Crippen LogP contribution in [0.4, 0.5) is 0 Å². The van der Waals surface area contributed by atoms with Gasteiger partial charge in [0.05, 0.1) is 4.34 Å². The third-order valence-corrected chi connectivity index (χ3v) is 6.93. The highest BCUT2D eigenvalue weighted by atomic mass is 35.5. The molecule has 1 aromatic rings. The van der Waals surface area contributed by atoms with Crippen LogP contribution in [0, 0.1) is 6.92 Å². The van der Waals surface area contributed by atoms with Gasteiger partial charge in [0.25, 0.3) is 10.0 Å². The van der Waals surface area contributed by atoms with Crippen molar-refractivity contribution in [1.29, 1.82) is 0 Å². The summed E-state index contributed by atoms with van der Waals surface area (Å²) >= 11 is 7.05.